The number of nitrogens with zero attached hydrogens (tertiary/aromatic N) is 2. The Morgan fingerprint density at radius 1 is 1.33 bits per heavy atom. The quantitative estimate of drug-likeness (QED) is 0.887. The second-order valence-electron chi connectivity index (χ2n) is 5.37. The number of aromatic amines is 1. The summed E-state index contributed by atoms with van der Waals surface area (Å²) in [4.78, 5) is 16.4. The molecular weight excluding hydrogens is 271 g/mol. The van der Waals surface area contributed by atoms with Crippen LogP contribution in [0, 0.1) is 18.7 Å². The lowest BCUT2D eigenvalue weighted by atomic mass is 10.0. The van der Waals surface area contributed by atoms with Crippen molar-refractivity contribution in [1.29, 1.82) is 0 Å². The van der Waals surface area contributed by atoms with Gasteiger partial charge in [0.05, 0.1) is 12.5 Å². The van der Waals surface area contributed by atoms with E-state index in [-0.39, 0.29) is 30.1 Å². The third kappa shape index (κ3) is 4.11. The van der Waals surface area contributed by atoms with Gasteiger partial charge in [-0.25, -0.2) is 9.37 Å². The minimum Gasteiger partial charge on any atom is -0.345 e. The topological polar surface area (TPSA) is 70.7 Å². The molecule has 0 fully saturated rings. The van der Waals surface area contributed by atoms with Crippen molar-refractivity contribution in [3.8, 4) is 0 Å². The first-order chi connectivity index (χ1) is 9.95. The highest BCUT2D eigenvalue weighted by molar-refractivity contribution is 5.78. The van der Waals surface area contributed by atoms with Crippen LogP contribution < -0.4 is 5.32 Å². The van der Waals surface area contributed by atoms with Gasteiger partial charge in [0.15, 0.2) is 5.82 Å². The number of nitrogens with one attached hydrogen (secondary N) is 2. The molecule has 1 amide bonds. The number of amides is 1. The van der Waals surface area contributed by atoms with Gasteiger partial charge >= 0.3 is 0 Å². The van der Waals surface area contributed by atoms with Gasteiger partial charge in [-0.05, 0) is 30.5 Å². The van der Waals surface area contributed by atoms with E-state index in [9.17, 15) is 9.18 Å². The van der Waals surface area contributed by atoms with Crippen LogP contribution >= 0.6 is 0 Å². The van der Waals surface area contributed by atoms with Crippen molar-refractivity contribution in [3.63, 3.8) is 0 Å². The SMILES string of the molecule is Cc1nc(C(NC(=O)Cc2ccc(F)cc2)C(C)C)n[nH]1. The molecule has 1 heterocycles. The molecule has 0 saturated carbocycles. The van der Waals surface area contributed by atoms with Gasteiger partial charge in [0.2, 0.25) is 5.91 Å². The van der Waals surface area contributed by atoms with Crippen molar-refractivity contribution in [2.45, 2.75) is 33.2 Å². The molecule has 0 saturated heterocycles. The Labute approximate surface area is 123 Å². The Kier molecular flexibility index (Phi) is 4.67. The summed E-state index contributed by atoms with van der Waals surface area (Å²) in [6.45, 7) is 5.80. The van der Waals surface area contributed by atoms with E-state index in [0.29, 0.717) is 11.6 Å². The number of carbonyl (C=O) groups excluding carboxylic acids is 1. The summed E-state index contributed by atoms with van der Waals surface area (Å²) in [5, 5.41) is 9.82. The molecule has 0 aliphatic carbocycles. The van der Waals surface area contributed by atoms with Crippen LogP contribution in [-0.2, 0) is 11.2 Å². The van der Waals surface area contributed by atoms with E-state index >= 15 is 0 Å². The first-order valence-electron chi connectivity index (χ1n) is 6.88. The first-order valence-corrected chi connectivity index (χ1v) is 6.88. The molecule has 0 bridgehead atoms. The Morgan fingerprint density at radius 3 is 2.52 bits per heavy atom. The van der Waals surface area contributed by atoms with Crippen LogP contribution in [0.5, 0.6) is 0 Å². The van der Waals surface area contributed by atoms with Gasteiger partial charge in [0, 0.05) is 0 Å². The van der Waals surface area contributed by atoms with E-state index in [1.165, 1.54) is 12.1 Å². The van der Waals surface area contributed by atoms with Crippen LogP contribution in [0.2, 0.25) is 0 Å². The maximum Gasteiger partial charge on any atom is 0.225 e. The highest BCUT2D eigenvalue weighted by Gasteiger charge is 2.22. The molecule has 0 aliphatic heterocycles. The number of halogens is 1. The maximum atomic E-state index is 12.8. The highest BCUT2D eigenvalue weighted by Crippen LogP contribution is 2.18. The molecule has 0 spiro atoms. The van der Waals surface area contributed by atoms with E-state index in [1.807, 2.05) is 20.8 Å². The molecule has 1 aromatic heterocycles. The lowest BCUT2D eigenvalue weighted by molar-refractivity contribution is -0.121. The fourth-order valence-electron chi connectivity index (χ4n) is 2.04. The van der Waals surface area contributed by atoms with Crippen molar-refractivity contribution < 1.29 is 9.18 Å². The Hall–Kier alpha value is -2.24. The molecule has 1 aromatic carbocycles. The van der Waals surface area contributed by atoms with Crippen LogP contribution in [0.4, 0.5) is 4.39 Å². The number of benzene rings is 1. The zero-order valence-corrected chi connectivity index (χ0v) is 12.4. The van der Waals surface area contributed by atoms with Gasteiger partial charge in [-0.1, -0.05) is 26.0 Å². The molecule has 2 N–H and O–H groups in total. The number of rotatable bonds is 5. The lowest BCUT2D eigenvalue weighted by Crippen LogP contribution is -2.33. The maximum absolute atomic E-state index is 12.8. The van der Waals surface area contributed by atoms with E-state index in [4.69, 9.17) is 0 Å². The second kappa shape index (κ2) is 6.47. The number of hydrogen-bond acceptors (Lipinski definition) is 3. The Balaban J connectivity index is 2.03. The van der Waals surface area contributed by atoms with E-state index in [2.05, 4.69) is 20.5 Å². The molecule has 21 heavy (non-hydrogen) atoms. The molecule has 6 heteroatoms. The summed E-state index contributed by atoms with van der Waals surface area (Å²) in [6, 6.07) is 5.66. The zero-order valence-electron chi connectivity index (χ0n) is 12.4. The Bertz CT molecular complexity index is 606. The summed E-state index contributed by atoms with van der Waals surface area (Å²) in [5.41, 5.74) is 0.766. The minimum absolute atomic E-state index is 0.136. The predicted octanol–water partition coefficient (Wildman–Crippen LogP) is 2.31. The number of carbonyl (C=O) groups is 1. The molecular formula is C15H19FN4O. The van der Waals surface area contributed by atoms with Gasteiger partial charge in [-0.2, -0.15) is 5.10 Å². The average Bonchev–Trinajstić information content (AvgIpc) is 2.85. The summed E-state index contributed by atoms with van der Waals surface area (Å²) in [5.74, 6) is 1.01. The third-order valence-corrected chi connectivity index (χ3v) is 3.15. The third-order valence-electron chi connectivity index (χ3n) is 3.15. The van der Waals surface area contributed by atoms with Crippen molar-refractivity contribution in [1.82, 2.24) is 20.5 Å². The number of aryl methyl sites for hydroxylation is 1. The summed E-state index contributed by atoms with van der Waals surface area (Å²) in [6.07, 6.45) is 0.201. The van der Waals surface area contributed by atoms with Gasteiger partial charge in [0.25, 0.3) is 0 Å². The van der Waals surface area contributed by atoms with Crippen LogP contribution in [0.3, 0.4) is 0 Å². The van der Waals surface area contributed by atoms with Crippen LogP contribution in [-0.4, -0.2) is 21.1 Å². The smallest absolute Gasteiger partial charge is 0.225 e. The van der Waals surface area contributed by atoms with Gasteiger partial charge in [-0.3, -0.25) is 9.89 Å². The van der Waals surface area contributed by atoms with E-state index in [0.717, 1.165) is 5.56 Å². The molecule has 1 unspecified atom stereocenters. The largest absolute Gasteiger partial charge is 0.345 e. The molecule has 5 nitrogen and oxygen atoms in total. The fourth-order valence-corrected chi connectivity index (χ4v) is 2.04. The molecule has 0 radical (unpaired) electrons. The van der Waals surface area contributed by atoms with Gasteiger partial charge in [-0.15, -0.1) is 0 Å². The standard InChI is InChI=1S/C15H19FN4O/c1-9(2)14(15-17-10(3)19-20-15)18-13(21)8-11-4-6-12(16)7-5-11/h4-7,9,14H,8H2,1-3H3,(H,18,21)(H,17,19,20). The van der Waals surface area contributed by atoms with E-state index < -0.39 is 0 Å². The van der Waals surface area contributed by atoms with Crippen molar-refractivity contribution in [3.05, 3.63) is 47.3 Å². The van der Waals surface area contributed by atoms with Gasteiger partial charge in [0.1, 0.15) is 11.6 Å². The van der Waals surface area contributed by atoms with Gasteiger partial charge < -0.3 is 5.32 Å². The number of H-pyrrole nitrogens is 1. The van der Waals surface area contributed by atoms with Crippen molar-refractivity contribution in [2.24, 2.45) is 5.92 Å². The van der Waals surface area contributed by atoms with Crippen LogP contribution in [0.15, 0.2) is 24.3 Å². The lowest BCUT2D eigenvalue weighted by Gasteiger charge is -2.19. The number of hydrogen-bond donors (Lipinski definition) is 2. The van der Waals surface area contributed by atoms with Crippen LogP contribution in [0.1, 0.15) is 37.1 Å². The molecule has 1 atom stereocenters. The summed E-state index contributed by atoms with van der Waals surface area (Å²) < 4.78 is 12.8. The summed E-state index contributed by atoms with van der Waals surface area (Å²) in [7, 11) is 0. The zero-order chi connectivity index (χ0) is 15.4. The van der Waals surface area contributed by atoms with Crippen molar-refractivity contribution >= 4 is 5.91 Å². The van der Waals surface area contributed by atoms with Crippen molar-refractivity contribution in [2.75, 3.05) is 0 Å². The molecule has 0 aliphatic rings. The average molecular weight is 290 g/mol. The van der Waals surface area contributed by atoms with Crippen LogP contribution in [0.25, 0.3) is 0 Å². The molecule has 2 rings (SSSR count). The minimum atomic E-state index is -0.310. The van der Waals surface area contributed by atoms with E-state index in [1.54, 1.807) is 12.1 Å². The Morgan fingerprint density at radius 2 is 2.00 bits per heavy atom. The summed E-state index contributed by atoms with van der Waals surface area (Å²) >= 11 is 0. The first kappa shape index (κ1) is 15.2. The fraction of sp³-hybridized carbons (Fsp3) is 0.400. The predicted molar refractivity (Wildman–Crippen MR) is 76.9 cm³/mol. The highest BCUT2D eigenvalue weighted by atomic mass is 19.1. The molecule has 112 valence electrons. The monoisotopic (exact) mass is 290 g/mol. The molecule has 2 aromatic rings. The number of aromatic nitrogens is 3. The normalized spacial score (nSPS) is 12.4. The second-order valence-corrected chi connectivity index (χ2v) is 5.37.